The first kappa shape index (κ1) is 12.7. The average Bonchev–Trinajstić information content (AvgIpc) is 2.87. The number of carboxylic acids is 1. The Kier molecular flexibility index (Phi) is 3.72. The van der Waals surface area contributed by atoms with E-state index in [1.54, 1.807) is 20.3 Å². The van der Waals surface area contributed by atoms with E-state index in [0.29, 0.717) is 24.6 Å². The van der Waals surface area contributed by atoms with E-state index in [9.17, 15) is 9.90 Å². The van der Waals surface area contributed by atoms with Gasteiger partial charge in [0.2, 0.25) is 0 Å². The summed E-state index contributed by atoms with van der Waals surface area (Å²) in [6, 6.07) is 5.52. The molecule has 0 saturated carbocycles. The Morgan fingerprint density at radius 3 is 2.33 bits per heavy atom. The number of carbonyl (C=O) groups is 1. The van der Waals surface area contributed by atoms with E-state index >= 15 is 0 Å². The first-order valence-corrected chi connectivity index (χ1v) is 5.82. The number of ether oxygens (including phenoxy) is 2. The summed E-state index contributed by atoms with van der Waals surface area (Å²) in [7, 11) is 3.17. The highest BCUT2D eigenvalue weighted by atomic mass is 16.5. The molecule has 0 aromatic heterocycles. The Morgan fingerprint density at radius 1 is 1.22 bits per heavy atom. The molecule has 1 saturated heterocycles. The summed E-state index contributed by atoms with van der Waals surface area (Å²) >= 11 is 0. The van der Waals surface area contributed by atoms with Crippen molar-refractivity contribution in [1.29, 1.82) is 0 Å². The summed E-state index contributed by atoms with van der Waals surface area (Å²) in [6.07, 6.45) is 0. The second kappa shape index (κ2) is 5.27. The summed E-state index contributed by atoms with van der Waals surface area (Å²) in [5.74, 6) is 0.140. The Morgan fingerprint density at radius 2 is 1.83 bits per heavy atom. The molecular weight excluding hydrogens is 234 g/mol. The lowest BCUT2D eigenvalue weighted by molar-refractivity contribution is -0.141. The summed E-state index contributed by atoms with van der Waals surface area (Å²) in [5, 5.41) is 12.3. The molecule has 5 heteroatoms. The number of carboxylic acid groups (broad SMARTS) is 1. The van der Waals surface area contributed by atoms with E-state index in [0.717, 1.165) is 5.56 Å². The van der Waals surface area contributed by atoms with E-state index in [1.807, 2.05) is 12.1 Å². The summed E-state index contributed by atoms with van der Waals surface area (Å²) in [5.41, 5.74) is 0.934. The summed E-state index contributed by atoms with van der Waals surface area (Å²) < 4.78 is 10.4. The van der Waals surface area contributed by atoms with Crippen molar-refractivity contribution in [2.24, 2.45) is 5.92 Å². The first-order chi connectivity index (χ1) is 8.65. The number of hydrogen-bond acceptors (Lipinski definition) is 4. The second-order valence-electron chi connectivity index (χ2n) is 4.36. The van der Waals surface area contributed by atoms with Gasteiger partial charge in [-0.2, -0.15) is 0 Å². The van der Waals surface area contributed by atoms with Crippen molar-refractivity contribution in [3.63, 3.8) is 0 Å². The van der Waals surface area contributed by atoms with Gasteiger partial charge >= 0.3 is 5.97 Å². The van der Waals surface area contributed by atoms with Gasteiger partial charge in [-0.25, -0.2) is 0 Å². The van der Waals surface area contributed by atoms with Crippen LogP contribution in [-0.4, -0.2) is 38.4 Å². The van der Waals surface area contributed by atoms with Crippen molar-refractivity contribution in [2.45, 2.75) is 5.92 Å². The number of benzene rings is 1. The maximum absolute atomic E-state index is 11.2. The minimum absolute atomic E-state index is 0.0495. The van der Waals surface area contributed by atoms with Crippen LogP contribution in [0.15, 0.2) is 18.2 Å². The van der Waals surface area contributed by atoms with Crippen LogP contribution in [0.5, 0.6) is 11.5 Å². The first-order valence-electron chi connectivity index (χ1n) is 5.82. The molecule has 1 aliphatic rings. The Labute approximate surface area is 106 Å². The number of nitrogens with one attached hydrogen (secondary N) is 1. The number of methoxy groups -OCH3 is 2. The van der Waals surface area contributed by atoms with Crippen LogP contribution in [0.25, 0.3) is 0 Å². The standard InChI is InChI=1S/C13H17NO4/c1-17-9-3-8(4-10(5-9)18-2)11-6-14-7-12(11)13(15)16/h3-5,11-12,14H,6-7H2,1-2H3,(H,15,16)/t11-,12+/m1/s1. The molecule has 5 nitrogen and oxygen atoms in total. The predicted molar refractivity (Wildman–Crippen MR) is 66.3 cm³/mol. The number of rotatable bonds is 4. The smallest absolute Gasteiger partial charge is 0.308 e. The van der Waals surface area contributed by atoms with E-state index in [2.05, 4.69) is 5.32 Å². The molecule has 0 unspecified atom stereocenters. The fraction of sp³-hybridized carbons (Fsp3) is 0.462. The van der Waals surface area contributed by atoms with Gasteiger partial charge in [-0.3, -0.25) is 4.79 Å². The predicted octanol–water partition coefficient (Wildman–Crippen LogP) is 1.09. The largest absolute Gasteiger partial charge is 0.497 e. The lowest BCUT2D eigenvalue weighted by Gasteiger charge is -2.17. The molecule has 0 aliphatic carbocycles. The van der Waals surface area contributed by atoms with Gasteiger partial charge in [-0.15, -0.1) is 0 Å². The van der Waals surface area contributed by atoms with Crippen LogP contribution < -0.4 is 14.8 Å². The minimum Gasteiger partial charge on any atom is -0.497 e. The number of aliphatic carboxylic acids is 1. The lowest BCUT2D eigenvalue weighted by Crippen LogP contribution is -2.21. The van der Waals surface area contributed by atoms with Crippen LogP contribution in [0.4, 0.5) is 0 Å². The van der Waals surface area contributed by atoms with Gasteiger partial charge < -0.3 is 19.9 Å². The van der Waals surface area contributed by atoms with Gasteiger partial charge in [-0.1, -0.05) is 0 Å². The molecule has 98 valence electrons. The van der Waals surface area contributed by atoms with Gasteiger partial charge in [0.25, 0.3) is 0 Å². The van der Waals surface area contributed by atoms with Crippen molar-refractivity contribution < 1.29 is 19.4 Å². The van der Waals surface area contributed by atoms with Crippen molar-refractivity contribution in [3.8, 4) is 11.5 Å². The normalized spacial score (nSPS) is 22.8. The van der Waals surface area contributed by atoms with Crippen molar-refractivity contribution in [2.75, 3.05) is 27.3 Å². The van der Waals surface area contributed by atoms with Gasteiger partial charge in [0.05, 0.1) is 20.1 Å². The van der Waals surface area contributed by atoms with Gasteiger partial charge in [0.15, 0.2) is 0 Å². The van der Waals surface area contributed by atoms with Crippen molar-refractivity contribution >= 4 is 5.97 Å². The van der Waals surface area contributed by atoms with Crippen molar-refractivity contribution in [1.82, 2.24) is 5.32 Å². The Bertz CT molecular complexity index is 424. The molecule has 0 spiro atoms. The summed E-state index contributed by atoms with van der Waals surface area (Å²) in [4.78, 5) is 11.2. The lowest BCUT2D eigenvalue weighted by atomic mass is 9.89. The molecular formula is C13H17NO4. The second-order valence-corrected chi connectivity index (χ2v) is 4.36. The molecule has 0 radical (unpaired) electrons. The van der Waals surface area contributed by atoms with Crippen LogP contribution in [0, 0.1) is 5.92 Å². The highest BCUT2D eigenvalue weighted by Gasteiger charge is 2.34. The maximum Gasteiger partial charge on any atom is 0.308 e. The molecule has 0 amide bonds. The fourth-order valence-corrected chi connectivity index (χ4v) is 2.33. The molecule has 1 aromatic carbocycles. The molecule has 0 bridgehead atoms. The van der Waals surface area contributed by atoms with Crippen LogP contribution in [0.1, 0.15) is 11.5 Å². The zero-order valence-electron chi connectivity index (χ0n) is 10.5. The fourth-order valence-electron chi connectivity index (χ4n) is 2.33. The van der Waals surface area contributed by atoms with Crippen molar-refractivity contribution in [3.05, 3.63) is 23.8 Å². The molecule has 1 heterocycles. The van der Waals surface area contributed by atoms with Crippen LogP contribution >= 0.6 is 0 Å². The number of hydrogen-bond donors (Lipinski definition) is 2. The summed E-state index contributed by atoms with van der Waals surface area (Å²) in [6.45, 7) is 1.16. The average molecular weight is 251 g/mol. The Hall–Kier alpha value is -1.75. The minimum atomic E-state index is -0.771. The third-order valence-electron chi connectivity index (χ3n) is 3.33. The van der Waals surface area contributed by atoms with E-state index in [1.165, 1.54) is 0 Å². The molecule has 1 aromatic rings. The molecule has 1 fully saturated rings. The Balaban J connectivity index is 2.34. The van der Waals surface area contributed by atoms with E-state index in [-0.39, 0.29) is 5.92 Å². The third-order valence-corrected chi connectivity index (χ3v) is 3.33. The van der Waals surface area contributed by atoms with Gasteiger partial charge in [0.1, 0.15) is 11.5 Å². The van der Waals surface area contributed by atoms with Gasteiger partial charge in [0, 0.05) is 25.1 Å². The van der Waals surface area contributed by atoms with Crippen LogP contribution in [-0.2, 0) is 4.79 Å². The zero-order chi connectivity index (χ0) is 13.1. The highest BCUT2D eigenvalue weighted by molar-refractivity contribution is 5.72. The van der Waals surface area contributed by atoms with Gasteiger partial charge in [-0.05, 0) is 17.7 Å². The monoisotopic (exact) mass is 251 g/mol. The molecule has 2 N–H and O–H groups in total. The molecule has 2 atom stereocenters. The quantitative estimate of drug-likeness (QED) is 0.838. The van der Waals surface area contributed by atoms with Crippen LogP contribution in [0.2, 0.25) is 0 Å². The van der Waals surface area contributed by atoms with Crippen LogP contribution in [0.3, 0.4) is 0 Å². The molecule has 1 aliphatic heterocycles. The highest BCUT2D eigenvalue weighted by Crippen LogP contribution is 2.33. The maximum atomic E-state index is 11.2. The third kappa shape index (κ3) is 2.41. The topological polar surface area (TPSA) is 67.8 Å². The zero-order valence-corrected chi connectivity index (χ0v) is 10.5. The van der Waals surface area contributed by atoms with E-state index < -0.39 is 11.9 Å². The molecule has 18 heavy (non-hydrogen) atoms. The SMILES string of the molecule is COc1cc(OC)cc([C@H]2CNC[C@@H]2C(=O)O)c1. The van der Waals surface area contributed by atoms with E-state index in [4.69, 9.17) is 9.47 Å². The molecule has 2 rings (SSSR count).